The minimum Gasteiger partial charge on any atom is -0.489 e. The van der Waals surface area contributed by atoms with Crippen molar-refractivity contribution in [2.24, 2.45) is 0 Å². The minimum absolute atomic E-state index is 0.0349. The van der Waals surface area contributed by atoms with Gasteiger partial charge < -0.3 is 10.1 Å². The molecule has 0 bridgehead atoms. The second kappa shape index (κ2) is 8.30. The van der Waals surface area contributed by atoms with Crippen LogP contribution in [0.5, 0.6) is 5.75 Å². The topological polar surface area (TPSA) is 38.3 Å². The highest BCUT2D eigenvalue weighted by atomic mass is 16.5. The average molecular weight is 371 g/mol. The van der Waals surface area contributed by atoms with E-state index < -0.39 is 0 Å². The highest BCUT2D eigenvalue weighted by Crippen LogP contribution is 2.25. The van der Waals surface area contributed by atoms with Crippen LogP contribution < -0.4 is 10.1 Å². The van der Waals surface area contributed by atoms with E-state index in [9.17, 15) is 4.79 Å². The highest BCUT2D eigenvalue weighted by molar-refractivity contribution is 5.94. The highest BCUT2D eigenvalue weighted by Gasteiger charge is 2.16. The normalized spacial score (nSPS) is 13.6. The van der Waals surface area contributed by atoms with Gasteiger partial charge in [-0.1, -0.05) is 54.6 Å². The summed E-state index contributed by atoms with van der Waals surface area (Å²) in [6.45, 7) is 2.52. The zero-order valence-corrected chi connectivity index (χ0v) is 16.2. The Morgan fingerprint density at radius 2 is 1.79 bits per heavy atom. The smallest absolute Gasteiger partial charge is 0.251 e. The third-order valence-corrected chi connectivity index (χ3v) is 5.31. The van der Waals surface area contributed by atoms with Gasteiger partial charge in [0.1, 0.15) is 12.4 Å². The summed E-state index contributed by atoms with van der Waals surface area (Å²) in [7, 11) is 0. The maximum atomic E-state index is 12.7. The first-order valence-electron chi connectivity index (χ1n) is 9.88. The number of hydrogen-bond donors (Lipinski definition) is 1. The molecule has 3 nitrogen and oxygen atoms in total. The van der Waals surface area contributed by atoms with E-state index in [0.29, 0.717) is 17.9 Å². The van der Waals surface area contributed by atoms with Crippen LogP contribution >= 0.6 is 0 Å². The molecule has 0 aliphatic heterocycles. The molecule has 0 radical (unpaired) electrons. The molecule has 1 aliphatic rings. The van der Waals surface area contributed by atoms with Gasteiger partial charge in [0.15, 0.2) is 0 Å². The van der Waals surface area contributed by atoms with Crippen molar-refractivity contribution in [3.05, 3.63) is 101 Å². The van der Waals surface area contributed by atoms with Gasteiger partial charge in [-0.2, -0.15) is 0 Å². The molecule has 0 fully saturated rings. The Labute approximate surface area is 166 Å². The molecular formula is C25H25NO2. The van der Waals surface area contributed by atoms with E-state index in [1.165, 1.54) is 24.0 Å². The fraction of sp³-hybridized carbons (Fsp3) is 0.240. The van der Waals surface area contributed by atoms with Crippen molar-refractivity contribution in [3.63, 3.8) is 0 Å². The van der Waals surface area contributed by atoms with Crippen LogP contribution in [0.25, 0.3) is 0 Å². The summed E-state index contributed by atoms with van der Waals surface area (Å²) < 4.78 is 5.84. The summed E-state index contributed by atoms with van der Waals surface area (Å²) in [4.78, 5) is 12.7. The monoisotopic (exact) mass is 371 g/mol. The molecule has 28 heavy (non-hydrogen) atoms. The number of benzene rings is 3. The van der Waals surface area contributed by atoms with Gasteiger partial charge in [0.2, 0.25) is 0 Å². The summed E-state index contributed by atoms with van der Waals surface area (Å²) in [5.74, 6) is 0.611. The van der Waals surface area contributed by atoms with E-state index in [0.717, 1.165) is 17.5 Å². The molecule has 3 aromatic rings. The van der Waals surface area contributed by atoms with Gasteiger partial charge >= 0.3 is 0 Å². The van der Waals surface area contributed by atoms with Gasteiger partial charge in [0.25, 0.3) is 5.91 Å². The summed E-state index contributed by atoms with van der Waals surface area (Å²) in [6, 6.07) is 23.9. The number of rotatable bonds is 6. The van der Waals surface area contributed by atoms with Crippen molar-refractivity contribution in [2.45, 2.75) is 38.8 Å². The third kappa shape index (κ3) is 4.25. The van der Waals surface area contributed by atoms with Crippen LogP contribution in [0.3, 0.4) is 0 Å². The molecule has 1 atom stereocenters. The average Bonchev–Trinajstić information content (AvgIpc) is 3.21. The fourth-order valence-electron chi connectivity index (χ4n) is 3.69. The first-order chi connectivity index (χ1) is 13.7. The predicted octanol–water partition coefficient (Wildman–Crippen LogP) is 5.25. The lowest BCUT2D eigenvalue weighted by Crippen LogP contribution is -2.26. The van der Waals surface area contributed by atoms with Crippen LogP contribution in [0.15, 0.2) is 72.8 Å². The second-order valence-corrected chi connectivity index (χ2v) is 7.38. The molecule has 0 heterocycles. The molecule has 3 heteroatoms. The first kappa shape index (κ1) is 18.3. The fourth-order valence-corrected chi connectivity index (χ4v) is 3.69. The Hall–Kier alpha value is -3.07. The quantitative estimate of drug-likeness (QED) is 0.643. The van der Waals surface area contributed by atoms with Crippen molar-refractivity contribution in [3.8, 4) is 5.75 Å². The van der Waals surface area contributed by atoms with Gasteiger partial charge in [-0.25, -0.2) is 0 Å². The molecular weight excluding hydrogens is 346 g/mol. The molecule has 4 rings (SSSR count). The zero-order chi connectivity index (χ0) is 19.3. The Morgan fingerprint density at radius 3 is 2.64 bits per heavy atom. The molecule has 0 spiro atoms. The predicted molar refractivity (Wildman–Crippen MR) is 112 cm³/mol. The molecule has 0 saturated heterocycles. The summed E-state index contributed by atoms with van der Waals surface area (Å²) in [6.07, 6.45) is 3.55. The van der Waals surface area contributed by atoms with Gasteiger partial charge in [-0.3, -0.25) is 4.79 Å². The number of hydrogen-bond acceptors (Lipinski definition) is 2. The van der Waals surface area contributed by atoms with Crippen LogP contribution in [-0.4, -0.2) is 5.91 Å². The number of fused-ring (bicyclic) bond motifs is 1. The van der Waals surface area contributed by atoms with E-state index in [-0.39, 0.29) is 11.9 Å². The third-order valence-electron chi connectivity index (χ3n) is 5.31. The molecule has 1 amide bonds. The molecule has 3 aromatic carbocycles. The molecule has 1 aliphatic carbocycles. The molecule has 1 N–H and O–H groups in total. The molecule has 142 valence electrons. The molecule has 1 unspecified atom stereocenters. The molecule has 0 saturated carbocycles. The maximum absolute atomic E-state index is 12.7. The van der Waals surface area contributed by atoms with Crippen LogP contribution in [0.1, 0.15) is 52.0 Å². The van der Waals surface area contributed by atoms with E-state index in [1.54, 1.807) is 6.07 Å². The van der Waals surface area contributed by atoms with Crippen LogP contribution in [-0.2, 0) is 19.4 Å². The van der Waals surface area contributed by atoms with Crippen LogP contribution in [0.4, 0.5) is 0 Å². The summed E-state index contributed by atoms with van der Waals surface area (Å²) in [5.41, 5.74) is 5.74. The lowest BCUT2D eigenvalue weighted by Gasteiger charge is -2.16. The Kier molecular flexibility index (Phi) is 5.43. The van der Waals surface area contributed by atoms with Crippen LogP contribution in [0, 0.1) is 0 Å². The van der Waals surface area contributed by atoms with Gasteiger partial charge in [-0.05, 0) is 66.6 Å². The van der Waals surface area contributed by atoms with Crippen molar-refractivity contribution in [2.75, 3.05) is 0 Å². The lowest BCUT2D eigenvalue weighted by molar-refractivity contribution is 0.0939. The van der Waals surface area contributed by atoms with E-state index in [4.69, 9.17) is 4.74 Å². The van der Waals surface area contributed by atoms with E-state index in [2.05, 4.69) is 23.5 Å². The number of ether oxygens (including phenoxy) is 1. The zero-order valence-electron chi connectivity index (χ0n) is 16.2. The van der Waals surface area contributed by atoms with Crippen molar-refractivity contribution >= 4 is 5.91 Å². The Bertz CT molecular complexity index is 965. The van der Waals surface area contributed by atoms with Gasteiger partial charge in [-0.15, -0.1) is 0 Å². The maximum Gasteiger partial charge on any atom is 0.251 e. The van der Waals surface area contributed by atoms with E-state index >= 15 is 0 Å². The van der Waals surface area contributed by atoms with Crippen molar-refractivity contribution in [1.29, 1.82) is 0 Å². The SMILES string of the molecule is CC(NC(=O)c1cccc(OCc2ccccc2)c1)c1ccc2c(c1)CCC2. The van der Waals surface area contributed by atoms with Crippen molar-refractivity contribution < 1.29 is 9.53 Å². The Balaban J connectivity index is 1.40. The Morgan fingerprint density at radius 1 is 0.964 bits per heavy atom. The number of aryl methyl sites for hydroxylation is 2. The summed E-state index contributed by atoms with van der Waals surface area (Å²) in [5, 5.41) is 3.11. The number of nitrogens with one attached hydrogen (secondary N) is 1. The lowest BCUT2D eigenvalue weighted by atomic mass is 10.0. The van der Waals surface area contributed by atoms with Gasteiger partial charge in [0, 0.05) is 5.56 Å². The van der Waals surface area contributed by atoms with E-state index in [1.807, 2.05) is 55.5 Å². The number of carbonyl (C=O) groups excluding carboxylic acids is 1. The van der Waals surface area contributed by atoms with Gasteiger partial charge in [0.05, 0.1) is 6.04 Å². The van der Waals surface area contributed by atoms with Crippen LogP contribution in [0.2, 0.25) is 0 Å². The molecule has 0 aromatic heterocycles. The second-order valence-electron chi connectivity index (χ2n) is 7.38. The largest absolute Gasteiger partial charge is 0.489 e. The minimum atomic E-state index is -0.0850. The standard InChI is InChI=1S/C25H25NO2/c1-18(21-14-13-20-9-5-10-22(20)15-21)26-25(27)23-11-6-12-24(16-23)28-17-19-7-3-2-4-8-19/h2-4,6-8,11-16,18H,5,9-10,17H2,1H3,(H,26,27). The first-order valence-corrected chi connectivity index (χ1v) is 9.88. The van der Waals surface area contributed by atoms with Crippen molar-refractivity contribution in [1.82, 2.24) is 5.32 Å². The number of amides is 1. The summed E-state index contributed by atoms with van der Waals surface area (Å²) >= 11 is 0. The number of carbonyl (C=O) groups is 1.